The van der Waals surface area contributed by atoms with E-state index in [-0.39, 0.29) is 0 Å². The van der Waals surface area contributed by atoms with Gasteiger partial charge in [-0.05, 0) is 0 Å². The zero-order valence-electron chi connectivity index (χ0n) is 7.07. The molecule has 0 radical (unpaired) electrons. The second-order valence-electron chi connectivity index (χ2n) is 2.39. The van der Waals surface area contributed by atoms with Gasteiger partial charge in [-0.1, -0.05) is 0 Å². The van der Waals surface area contributed by atoms with Crippen LogP contribution >= 0.6 is 0 Å². The van der Waals surface area contributed by atoms with E-state index >= 15 is 0 Å². The maximum absolute atomic E-state index is 12.5. The van der Waals surface area contributed by atoms with E-state index in [1.54, 1.807) is 0 Å². The molecule has 0 aromatic heterocycles. The number of nitrogens with zero attached hydrogens (tertiary/aromatic N) is 1. The van der Waals surface area contributed by atoms with E-state index in [4.69, 9.17) is 0 Å². The van der Waals surface area contributed by atoms with Crippen molar-refractivity contribution in [3.63, 3.8) is 0 Å². The third-order valence-corrected chi connectivity index (χ3v) is 3.14. The molecule has 1 unspecified atom stereocenters. The highest BCUT2D eigenvalue weighted by Crippen LogP contribution is 2.49. The standard InChI is InChI=1S/C3HF6NO5S2/c4-1(5,2(6,7)16(12)13)3(8,9)17(14,15)10-11/h(H,12,13)/p-1. The molecule has 14 heteroatoms. The summed E-state index contributed by atoms with van der Waals surface area (Å²) in [5.41, 5.74) is 0. The SMILES string of the molecule is O=NS(=O)(=O)C(F)(F)C(F)(F)C(F)(F)S(=O)[O-]. The maximum Gasteiger partial charge on any atom is 0.437 e. The van der Waals surface area contributed by atoms with Crippen LogP contribution < -0.4 is 0 Å². The maximum atomic E-state index is 12.5. The molecule has 6 nitrogen and oxygen atoms in total. The van der Waals surface area contributed by atoms with Crippen molar-refractivity contribution < 1.29 is 43.5 Å². The summed E-state index contributed by atoms with van der Waals surface area (Å²) in [4.78, 5) is 9.37. The molecule has 0 rings (SSSR count). The Hall–Kier alpha value is -0.760. The van der Waals surface area contributed by atoms with Crippen molar-refractivity contribution in [2.24, 2.45) is 4.58 Å². The van der Waals surface area contributed by atoms with E-state index in [9.17, 15) is 48.4 Å². The van der Waals surface area contributed by atoms with Gasteiger partial charge in [0.2, 0.25) is 0 Å². The summed E-state index contributed by atoms with van der Waals surface area (Å²) in [6, 6.07) is 0. The zero-order valence-corrected chi connectivity index (χ0v) is 8.71. The Balaban J connectivity index is 5.95. The van der Waals surface area contributed by atoms with E-state index < -0.39 is 37.5 Å². The van der Waals surface area contributed by atoms with E-state index in [1.165, 1.54) is 0 Å². The molecule has 0 fully saturated rings. The highest BCUT2D eigenvalue weighted by molar-refractivity contribution is 7.91. The van der Waals surface area contributed by atoms with Gasteiger partial charge in [0.05, 0.1) is 4.58 Å². The number of hydrogen-bond donors (Lipinski definition) is 0. The third kappa shape index (κ3) is 2.15. The summed E-state index contributed by atoms with van der Waals surface area (Å²) >= 11 is -5.05. The van der Waals surface area contributed by atoms with Gasteiger partial charge in [-0.2, -0.15) is 34.8 Å². The van der Waals surface area contributed by atoms with Crippen LogP contribution in [0.15, 0.2) is 4.58 Å². The Bertz CT molecular complexity index is 445. The molecule has 17 heavy (non-hydrogen) atoms. The van der Waals surface area contributed by atoms with Gasteiger partial charge >= 0.3 is 26.5 Å². The Morgan fingerprint density at radius 2 is 1.41 bits per heavy atom. The third-order valence-electron chi connectivity index (χ3n) is 1.36. The molecule has 0 aliphatic rings. The Kier molecular flexibility index (Phi) is 3.98. The number of halogens is 6. The molecule has 0 aliphatic heterocycles. The molecule has 0 saturated carbocycles. The van der Waals surface area contributed by atoms with E-state index in [2.05, 4.69) is 0 Å². The lowest BCUT2D eigenvalue weighted by Crippen LogP contribution is -2.58. The van der Waals surface area contributed by atoms with Gasteiger partial charge in [-0.25, -0.2) is 0 Å². The Morgan fingerprint density at radius 3 is 1.65 bits per heavy atom. The van der Waals surface area contributed by atoms with Gasteiger partial charge in [-0.15, -0.1) is 4.91 Å². The van der Waals surface area contributed by atoms with Crippen LogP contribution in [0.2, 0.25) is 0 Å². The van der Waals surface area contributed by atoms with Crippen LogP contribution in [0.1, 0.15) is 0 Å². The van der Waals surface area contributed by atoms with Crippen LogP contribution in [-0.4, -0.2) is 33.6 Å². The summed E-state index contributed by atoms with van der Waals surface area (Å²) in [5.74, 6) is -6.86. The van der Waals surface area contributed by atoms with Gasteiger partial charge in [0.25, 0.3) is 0 Å². The molecule has 102 valence electrons. The van der Waals surface area contributed by atoms with Crippen LogP contribution in [0.25, 0.3) is 0 Å². The number of rotatable bonds is 5. The summed E-state index contributed by atoms with van der Waals surface area (Å²) in [7, 11) is -6.84. The minimum atomic E-state index is -6.86. The molecule has 0 saturated heterocycles. The second kappa shape index (κ2) is 4.16. The van der Waals surface area contributed by atoms with Gasteiger partial charge < -0.3 is 4.55 Å². The van der Waals surface area contributed by atoms with Crippen molar-refractivity contribution in [1.29, 1.82) is 0 Å². The lowest BCUT2D eigenvalue weighted by atomic mass is 10.3. The fraction of sp³-hybridized carbons (Fsp3) is 1.00. The number of nitroso groups, excluding NO2 is 1. The van der Waals surface area contributed by atoms with Crippen molar-refractivity contribution >= 4 is 21.1 Å². The van der Waals surface area contributed by atoms with Crippen LogP contribution in [-0.2, 0) is 21.1 Å². The van der Waals surface area contributed by atoms with Crippen molar-refractivity contribution in [2.45, 2.75) is 16.4 Å². The molecule has 0 aromatic rings. The predicted molar refractivity (Wildman–Crippen MR) is 38.5 cm³/mol. The first-order valence-corrected chi connectivity index (χ1v) is 5.59. The Morgan fingerprint density at radius 1 is 1.06 bits per heavy atom. The monoisotopic (exact) mass is 308 g/mol. The average Bonchev–Trinajstić information content (AvgIpc) is 2.16. The highest BCUT2D eigenvalue weighted by Gasteiger charge is 2.79. The van der Waals surface area contributed by atoms with Crippen LogP contribution in [0, 0.1) is 4.91 Å². The summed E-state index contributed by atoms with van der Waals surface area (Å²) in [6.07, 6.45) is 0. The van der Waals surface area contributed by atoms with E-state index in [1.807, 2.05) is 0 Å². The van der Waals surface area contributed by atoms with Crippen LogP contribution in [0.4, 0.5) is 26.3 Å². The topological polar surface area (TPSA) is 104 Å². The van der Waals surface area contributed by atoms with Crippen molar-refractivity contribution in [1.82, 2.24) is 0 Å². The van der Waals surface area contributed by atoms with E-state index in [0.717, 1.165) is 0 Å². The average molecular weight is 308 g/mol. The Labute approximate surface area is 91.3 Å². The number of alkyl halides is 6. The fourth-order valence-corrected chi connectivity index (χ4v) is 1.43. The smallest absolute Gasteiger partial charge is 0.437 e. The molecule has 0 aromatic carbocycles. The number of sulfonamides is 1. The van der Waals surface area contributed by atoms with Gasteiger partial charge in [-0.3, -0.25) is 4.21 Å². The first-order chi connectivity index (χ1) is 7.25. The molecule has 0 bridgehead atoms. The minimum Gasteiger partial charge on any atom is -0.768 e. The van der Waals surface area contributed by atoms with Crippen molar-refractivity contribution in [3.8, 4) is 0 Å². The van der Waals surface area contributed by atoms with Crippen LogP contribution in [0.5, 0.6) is 0 Å². The van der Waals surface area contributed by atoms with Crippen molar-refractivity contribution in [3.05, 3.63) is 4.91 Å². The normalized spacial score (nSPS) is 16.6. The molecule has 0 spiro atoms. The molecular formula is C3F6NO5S2-. The van der Waals surface area contributed by atoms with Crippen molar-refractivity contribution in [2.75, 3.05) is 0 Å². The predicted octanol–water partition coefficient (Wildman–Crippen LogP) is 0.783. The summed E-state index contributed by atoms with van der Waals surface area (Å²) < 4.78 is 114. The zero-order chi connectivity index (χ0) is 14.3. The first-order valence-electron chi connectivity index (χ1n) is 3.07. The number of hydrogen-bond acceptors (Lipinski definition) is 5. The van der Waals surface area contributed by atoms with E-state index in [0.29, 0.717) is 4.58 Å². The molecule has 0 amide bonds. The largest absolute Gasteiger partial charge is 0.768 e. The molecular weight excluding hydrogens is 308 g/mol. The van der Waals surface area contributed by atoms with Gasteiger partial charge in [0, 0.05) is 11.1 Å². The van der Waals surface area contributed by atoms with Gasteiger partial charge in [0.1, 0.15) is 0 Å². The highest BCUT2D eigenvalue weighted by atomic mass is 32.2. The van der Waals surface area contributed by atoms with Crippen LogP contribution in [0.3, 0.4) is 0 Å². The molecule has 0 aliphatic carbocycles. The minimum absolute atomic E-state index is 0.589. The quantitative estimate of drug-likeness (QED) is 0.424. The lowest BCUT2D eigenvalue weighted by molar-refractivity contribution is -0.244. The van der Waals surface area contributed by atoms with Gasteiger partial charge in [0.15, 0.2) is 0 Å². The molecule has 0 N–H and O–H groups in total. The summed E-state index contributed by atoms with van der Waals surface area (Å²) in [5, 5.41) is -13.1. The fourth-order valence-electron chi connectivity index (χ4n) is 0.483. The second-order valence-corrected chi connectivity index (χ2v) is 4.99. The molecule has 1 atom stereocenters. The molecule has 0 heterocycles. The lowest BCUT2D eigenvalue weighted by Gasteiger charge is -2.31. The summed E-state index contributed by atoms with van der Waals surface area (Å²) in [6.45, 7) is 0. The first kappa shape index (κ1) is 16.2.